The third-order valence-electron chi connectivity index (χ3n) is 4.93. The average Bonchev–Trinajstić information content (AvgIpc) is 2.77. The first kappa shape index (κ1) is 20.8. The van der Waals surface area contributed by atoms with Crippen LogP contribution in [-0.2, 0) is 10.0 Å². The fourth-order valence-electron chi connectivity index (χ4n) is 3.32. The van der Waals surface area contributed by atoms with Crippen molar-refractivity contribution in [1.82, 2.24) is 4.98 Å². The number of sulfonamides is 1. The molecule has 2 aromatic carbocycles. The third-order valence-corrected chi connectivity index (χ3v) is 7.04. The number of nitrogens with one attached hydrogen (secondary N) is 1. The Morgan fingerprint density at radius 3 is 2.17 bits per heavy atom. The Morgan fingerprint density at radius 2 is 1.53 bits per heavy atom. The van der Waals surface area contributed by atoms with Gasteiger partial charge >= 0.3 is 0 Å². The Balaban J connectivity index is 1.40. The maximum Gasteiger partial charge on any atom is 0.261 e. The topological polar surface area (TPSA) is 65.5 Å². The van der Waals surface area contributed by atoms with E-state index >= 15 is 0 Å². The van der Waals surface area contributed by atoms with Crippen LogP contribution in [0.4, 0.5) is 17.2 Å². The van der Waals surface area contributed by atoms with Crippen molar-refractivity contribution in [3.05, 3.63) is 76.9 Å². The summed E-state index contributed by atoms with van der Waals surface area (Å²) in [7, 11) is -3.78. The zero-order valence-electron chi connectivity index (χ0n) is 16.0. The fraction of sp³-hybridized carbons (Fsp3) is 0.190. The summed E-state index contributed by atoms with van der Waals surface area (Å²) >= 11 is 11.8. The quantitative estimate of drug-likeness (QED) is 0.603. The van der Waals surface area contributed by atoms with Gasteiger partial charge in [-0.15, -0.1) is 0 Å². The first-order chi connectivity index (χ1) is 14.4. The molecule has 1 N–H and O–H groups in total. The Morgan fingerprint density at radius 1 is 0.833 bits per heavy atom. The van der Waals surface area contributed by atoms with Gasteiger partial charge in [-0.2, -0.15) is 0 Å². The van der Waals surface area contributed by atoms with E-state index in [-0.39, 0.29) is 9.92 Å². The zero-order chi connectivity index (χ0) is 21.1. The van der Waals surface area contributed by atoms with Crippen molar-refractivity contribution in [2.45, 2.75) is 4.90 Å². The highest BCUT2D eigenvalue weighted by atomic mass is 35.5. The Hall–Kier alpha value is -2.48. The molecule has 0 radical (unpaired) electrons. The molecule has 0 atom stereocenters. The molecule has 30 heavy (non-hydrogen) atoms. The van der Waals surface area contributed by atoms with E-state index in [1.807, 2.05) is 24.3 Å². The second-order valence-corrected chi connectivity index (χ2v) is 9.39. The maximum absolute atomic E-state index is 12.6. The molecule has 3 aromatic rings. The number of hydrogen-bond donors (Lipinski definition) is 1. The van der Waals surface area contributed by atoms with E-state index in [0.717, 1.165) is 32.0 Å². The number of benzene rings is 2. The van der Waals surface area contributed by atoms with Crippen LogP contribution in [0, 0.1) is 0 Å². The highest BCUT2D eigenvalue weighted by Gasteiger charge is 2.19. The minimum atomic E-state index is -3.78. The van der Waals surface area contributed by atoms with Crippen molar-refractivity contribution < 1.29 is 8.42 Å². The molecule has 2 heterocycles. The molecular formula is C21H20Cl2N4O2S. The zero-order valence-corrected chi connectivity index (χ0v) is 18.3. The molecule has 0 aliphatic carbocycles. The highest BCUT2D eigenvalue weighted by Crippen LogP contribution is 2.26. The number of hydrogen-bond acceptors (Lipinski definition) is 5. The SMILES string of the molecule is O=S(=O)(Nc1ccc(N2CCN(c3ccccc3)CC2)nc1)c1ccc(Cl)c(Cl)c1. The number of rotatable bonds is 5. The van der Waals surface area contributed by atoms with Crippen molar-refractivity contribution in [1.29, 1.82) is 0 Å². The molecule has 6 nitrogen and oxygen atoms in total. The summed E-state index contributed by atoms with van der Waals surface area (Å²) in [5, 5.41) is 0.483. The Kier molecular flexibility index (Phi) is 6.04. The molecule has 0 spiro atoms. The van der Waals surface area contributed by atoms with Gasteiger partial charge in [-0.3, -0.25) is 4.72 Å². The summed E-state index contributed by atoms with van der Waals surface area (Å²) in [5.41, 5.74) is 1.60. The molecule has 1 saturated heterocycles. The molecule has 0 amide bonds. The van der Waals surface area contributed by atoms with Crippen LogP contribution in [-0.4, -0.2) is 39.6 Å². The lowest BCUT2D eigenvalue weighted by Crippen LogP contribution is -2.46. The average molecular weight is 463 g/mol. The van der Waals surface area contributed by atoms with Crippen molar-refractivity contribution in [2.75, 3.05) is 40.7 Å². The van der Waals surface area contributed by atoms with Gasteiger partial charge in [-0.1, -0.05) is 41.4 Å². The second-order valence-electron chi connectivity index (χ2n) is 6.90. The molecule has 0 bridgehead atoms. The smallest absolute Gasteiger partial charge is 0.261 e. The molecule has 0 saturated carbocycles. The van der Waals surface area contributed by atoms with Crippen LogP contribution < -0.4 is 14.5 Å². The summed E-state index contributed by atoms with van der Waals surface area (Å²) < 4.78 is 27.7. The molecule has 9 heteroatoms. The Labute approximate surface area is 186 Å². The van der Waals surface area contributed by atoms with Gasteiger partial charge in [-0.25, -0.2) is 13.4 Å². The molecule has 1 aromatic heterocycles. The number of piperazine rings is 1. The predicted molar refractivity (Wildman–Crippen MR) is 122 cm³/mol. The van der Waals surface area contributed by atoms with E-state index in [9.17, 15) is 8.42 Å². The van der Waals surface area contributed by atoms with Gasteiger partial charge in [-0.05, 0) is 42.5 Å². The van der Waals surface area contributed by atoms with E-state index in [1.54, 1.807) is 6.07 Å². The van der Waals surface area contributed by atoms with Crippen LogP contribution in [0.25, 0.3) is 0 Å². The molecule has 4 rings (SSSR count). The minimum absolute atomic E-state index is 0.0398. The lowest BCUT2D eigenvalue weighted by Gasteiger charge is -2.36. The number of anilines is 3. The van der Waals surface area contributed by atoms with Crippen LogP contribution >= 0.6 is 23.2 Å². The van der Waals surface area contributed by atoms with Crippen LogP contribution in [0.5, 0.6) is 0 Å². The van der Waals surface area contributed by atoms with Gasteiger partial charge in [0.15, 0.2) is 0 Å². The van der Waals surface area contributed by atoms with Gasteiger partial charge in [0.1, 0.15) is 5.82 Å². The van der Waals surface area contributed by atoms with E-state index in [0.29, 0.717) is 10.7 Å². The summed E-state index contributed by atoms with van der Waals surface area (Å²) in [6, 6.07) is 18.0. The monoisotopic (exact) mass is 462 g/mol. The predicted octanol–water partition coefficient (Wildman–Crippen LogP) is 4.52. The van der Waals surface area contributed by atoms with E-state index < -0.39 is 10.0 Å². The van der Waals surface area contributed by atoms with Crippen LogP contribution in [0.15, 0.2) is 71.8 Å². The normalized spacial score (nSPS) is 14.6. The fourth-order valence-corrected chi connectivity index (χ4v) is 4.76. The van der Waals surface area contributed by atoms with Crippen LogP contribution in [0.1, 0.15) is 0 Å². The Bertz CT molecular complexity index is 1120. The highest BCUT2D eigenvalue weighted by molar-refractivity contribution is 7.92. The van der Waals surface area contributed by atoms with Crippen molar-refractivity contribution in [2.24, 2.45) is 0 Å². The van der Waals surface area contributed by atoms with Crippen molar-refractivity contribution in [3.8, 4) is 0 Å². The molecule has 1 aliphatic rings. The van der Waals surface area contributed by atoms with Crippen LogP contribution in [0.2, 0.25) is 10.0 Å². The van der Waals surface area contributed by atoms with Gasteiger partial charge in [0, 0.05) is 31.9 Å². The number of para-hydroxylation sites is 1. The molecule has 156 valence electrons. The largest absolute Gasteiger partial charge is 0.368 e. The summed E-state index contributed by atoms with van der Waals surface area (Å²) in [5.74, 6) is 0.820. The number of aromatic nitrogens is 1. The van der Waals surface area contributed by atoms with Crippen LogP contribution in [0.3, 0.4) is 0 Å². The number of pyridine rings is 1. The van der Waals surface area contributed by atoms with Gasteiger partial charge in [0.2, 0.25) is 0 Å². The first-order valence-corrected chi connectivity index (χ1v) is 11.7. The summed E-state index contributed by atoms with van der Waals surface area (Å²) in [6.07, 6.45) is 1.52. The third kappa shape index (κ3) is 4.64. The first-order valence-electron chi connectivity index (χ1n) is 9.41. The lowest BCUT2D eigenvalue weighted by molar-refractivity contribution is 0.601. The maximum atomic E-state index is 12.6. The summed E-state index contributed by atoms with van der Waals surface area (Å²) in [6.45, 7) is 3.49. The van der Waals surface area contributed by atoms with E-state index in [1.165, 1.54) is 30.1 Å². The summed E-state index contributed by atoms with van der Waals surface area (Å²) in [4.78, 5) is 9.02. The van der Waals surface area contributed by atoms with E-state index in [4.69, 9.17) is 23.2 Å². The van der Waals surface area contributed by atoms with Gasteiger partial charge in [0.05, 0.1) is 26.8 Å². The molecular weight excluding hydrogens is 443 g/mol. The van der Waals surface area contributed by atoms with Gasteiger partial charge < -0.3 is 9.80 Å². The van der Waals surface area contributed by atoms with E-state index in [2.05, 4.69) is 31.6 Å². The van der Waals surface area contributed by atoms with Crippen molar-refractivity contribution >= 4 is 50.4 Å². The van der Waals surface area contributed by atoms with Gasteiger partial charge in [0.25, 0.3) is 10.0 Å². The minimum Gasteiger partial charge on any atom is -0.368 e. The molecule has 0 unspecified atom stereocenters. The standard InChI is InChI=1S/C21H20Cl2N4O2S/c22-19-8-7-18(14-20(19)23)30(28,29)25-16-6-9-21(24-15-16)27-12-10-26(11-13-27)17-4-2-1-3-5-17/h1-9,14-15,25H,10-13H2. The lowest BCUT2D eigenvalue weighted by atomic mass is 10.2. The van der Waals surface area contributed by atoms with Crippen molar-refractivity contribution in [3.63, 3.8) is 0 Å². The number of nitrogens with zero attached hydrogens (tertiary/aromatic N) is 3. The number of halogens is 2. The molecule has 1 fully saturated rings. The second kappa shape index (κ2) is 8.71. The molecule has 1 aliphatic heterocycles.